The fourth-order valence-electron chi connectivity index (χ4n) is 3.51. The van der Waals surface area contributed by atoms with E-state index in [1.54, 1.807) is 24.1 Å². The molecule has 1 aliphatic carbocycles. The van der Waals surface area contributed by atoms with Crippen LogP contribution >= 0.6 is 0 Å². The summed E-state index contributed by atoms with van der Waals surface area (Å²) in [5, 5.41) is 3.83. The monoisotopic (exact) mass is 474 g/mol. The maximum absolute atomic E-state index is 12.2. The first-order chi connectivity index (χ1) is 16.9. The minimum absolute atomic E-state index is 0.0309. The van der Waals surface area contributed by atoms with Crippen molar-refractivity contribution < 1.29 is 14.1 Å². The van der Waals surface area contributed by atoms with E-state index >= 15 is 0 Å². The van der Waals surface area contributed by atoms with Gasteiger partial charge in [0.15, 0.2) is 5.84 Å². The van der Waals surface area contributed by atoms with Crippen LogP contribution in [0, 0.1) is 0 Å². The number of rotatable bonds is 7. The largest absolute Gasteiger partial charge is 0.458 e. The van der Waals surface area contributed by atoms with Gasteiger partial charge in [-0.05, 0) is 49.9 Å². The van der Waals surface area contributed by atoms with Crippen molar-refractivity contribution in [1.82, 2.24) is 15.1 Å². The van der Waals surface area contributed by atoms with Crippen molar-refractivity contribution in [2.45, 2.75) is 31.8 Å². The molecular formula is C24H26N8O3. The van der Waals surface area contributed by atoms with Crippen LogP contribution in [0.1, 0.15) is 42.0 Å². The first kappa shape index (κ1) is 23.6. The lowest BCUT2D eigenvalue weighted by molar-refractivity contribution is 0.0311. The summed E-state index contributed by atoms with van der Waals surface area (Å²) in [5.41, 5.74) is 13.5. The predicted molar refractivity (Wildman–Crippen MR) is 132 cm³/mol. The lowest BCUT2D eigenvalue weighted by atomic mass is 10.2. The number of nitrogens with zero attached hydrogens (tertiary/aromatic N) is 6. The number of aliphatic imine (C=N–C) groups is 2. The fraction of sp³-hybridized carbons (Fsp3) is 0.250. The zero-order valence-electron chi connectivity index (χ0n) is 19.3. The number of hydrogen-bond acceptors (Lipinski definition) is 8. The summed E-state index contributed by atoms with van der Waals surface area (Å²) >= 11 is 0. The van der Waals surface area contributed by atoms with E-state index in [-0.39, 0.29) is 35.3 Å². The summed E-state index contributed by atoms with van der Waals surface area (Å²) in [6.45, 7) is 3.90. The Morgan fingerprint density at radius 3 is 2.57 bits per heavy atom. The van der Waals surface area contributed by atoms with Gasteiger partial charge in [-0.25, -0.2) is 9.78 Å². The predicted octanol–water partition coefficient (Wildman–Crippen LogP) is 2.86. The second-order valence-electron chi connectivity index (χ2n) is 7.94. The molecule has 0 amide bonds. The van der Waals surface area contributed by atoms with Gasteiger partial charge in [0.2, 0.25) is 11.8 Å². The van der Waals surface area contributed by atoms with Crippen LogP contribution in [0.4, 0.5) is 5.69 Å². The second kappa shape index (κ2) is 10.6. The van der Waals surface area contributed by atoms with Crippen LogP contribution in [-0.4, -0.2) is 46.0 Å². The zero-order chi connectivity index (χ0) is 24.8. The Morgan fingerprint density at radius 1 is 1.14 bits per heavy atom. The van der Waals surface area contributed by atoms with Gasteiger partial charge in [0.05, 0.1) is 5.56 Å². The Kier molecular flexibility index (Phi) is 7.15. The topological polar surface area (TPSA) is 158 Å². The second-order valence-corrected chi connectivity index (χ2v) is 7.94. The Bertz CT molecular complexity index is 1250. The molecule has 0 unspecified atom stereocenters. The van der Waals surface area contributed by atoms with E-state index in [1.807, 2.05) is 30.3 Å². The molecule has 1 aliphatic rings. The molecule has 0 saturated heterocycles. The van der Waals surface area contributed by atoms with Crippen molar-refractivity contribution in [2.24, 2.45) is 21.5 Å². The van der Waals surface area contributed by atoms with E-state index in [0.29, 0.717) is 11.4 Å². The molecule has 3 aromatic rings. The molecule has 2 heterocycles. The Labute approximate surface area is 202 Å². The molecule has 0 spiro atoms. The van der Waals surface area contributed by atoms with E-state index in [9.17, 15) is 4.79 Å². The first-order valence-corrected chi connectivity index (χ1v) is 11.1. The molecule has 4 N–H and O–H groups in total. The number of aromatic nitrogens is 3. The number of anilines is 1. The van der Waals surface area contributed by atoms with Crippen LogP contribution in [0.5, 0.6) is 0 Å². The summed E-state index contributed by atoms with van der Waals surface area (Å²) in [5.74, 6) is -0.0819. The number of ether oxygens (including phenoxy) is 1. The molecule has 0 bridgehead atoms. The number of benzene rings is 1. The van der Waals surface area contributed by atoms with E-state index in [4.69, 9.17) is 20.7 Å². The number of hydrogen-bond donors (Lipinski definition) is 2. The molecule has 1 saturated carbocycles. The number of carbonyl (C=O) groups is 1. The average Bonchev–Trinajstić information content (AvgIpc) is 3.57. The Balaban J connectivity index is 1.41. The third kappa shape index (κ3) is 5.88. The van der Waals surface area contributed by atoms with E-state index in [1.165, 1.54) is 6.20 Å². The molecule has 1 aromatic carbocycles. The number of pyridine rings is 1. The van der Waals surface area contributed by atoms with Gasteiger partial charge in [0.1, 0.15) is 17.6 Å². The van der Waals surface area contributed by atoms with Crippen molar-refractivity contribution in [2.75, 3.05) is 11.9 Å². The normalized spacial score (nSPS) is 14.7. The Hall–Kier alpha value is -4.54. The van der Waals surface area contributed by atoms with Crippen LogP contribution in [-0.2, 0) is 4.74 Å². The van der Waals surface area contributed by atoms with Gasteiger partial charge in [-0.3, -0.25) is 0 Å². The highest BCUT2D eigenvalue weighted by molar-refractivity contribution is 6.02. The highest BCUT2D eigenvalue weighted by Crippen LogP contribution is 2.22. The van der Waals surface area contributed by atoms with Crippen LogP contribution in [0.3, 0.4) is 0 Å². The third-order valence-electron chi connectivity index (χ3n) is 5.46. The molecule has 2 aromatic heterocycles. The van der Waals surface area contributed by atoms with Crippen molar-refractivity contribution >= 4 is 23.5 Å². The molecular weight excluding hydrogens is 448 g/mol. The molecule has 35 heavy (non-hydrogen) atoms. The van der Waals surface area contributed by atoms with Crippen LogP contribution in [0.25, 0.3) is 11.5 Å². The van der Waals surface area contributed by atoms with Gasteiger partial charge in [0, 0.05) is 18.9 Å². The summed E-state index contributed by atoms with van der Waals surface area (Å²) < 4.78 is 10.7. The number of esters is 1. The van der Waals surface area contributed by atoms with Gasteiger partial charge in [-0.1, -0.05) is 29.9 Å². The third-order valence-corrected chi connectivity index (χ3v) is 5.46. The van der Waals surface area contributed by atoms with E-state index in [2.05, 4.69) is 31.7 Å². The van der Waals surface area contributed by atoms with Crippen molar-refractivity contribution in [1.29, 1.82) is 0 Å². The number of para-hydroxylation sites is 1. The van der Waals surface area contributed by atoms with Crippen LogP contribution in [0.2, 0.25) is 0 Å². The highest BCUT2D eigenvalue weighted by atomic mass is 16.5. The van der Waals surface area contributed by atoms with Gasteiger partial charge >= 0.3 is 5.97 Å². The van der Waals surface area contributed by atoms with Crippen molar-refractivity contribution in [3.05, 3.63) is 72.6 Å². The van der Waals surface area contributed by atoms with Crippen molar-refractivity contribution in [3.63, 3.8) is 0 Å². The fourth-order valence-corrected chi connectivity index (χ4v) is 3.51. The summed E-state index contributed by atoms with van der Waals surface area (Å²) in [6.07, 6.45) is 5.36. The summed E-state index contributed by atoms with van der Waals surface area (Å²) in [7, 11) is 1.81. The maximum atomic E-state index is 12.2. The quantitative estimate of drug-likeness (QED) is 0.298. The standard InChI is InChI=1S/C24H26N8O3/c1-15(32(2)17-8-4-3-5-9-17)28-24(26)29-20(25)21-30-22(35-31-21)16-12-13-19(27-14-16)23(33)34-18-10-6-7-11-18/h3-5,8-9,12-14,18H,1,6-7,10-11H2,2H3,(H4,25,26,28,29). The number of guanidine groups is 1. The lowest BCUT2D eigenvalue weighted by Gasteiger charge is -2.18. The molecule has 1 fully saturated rings. The van der Waals surface area contributed by atoms with E-state index < -0.39 is 5.97 Å². The molecule has 0 radical (unpaired) electrons. The number of nitrogens with two attached hydrogens (primary N) is 2. The van der Waals surface area contributed by atoms with Crippen molar-refractivity contribution in [3.8, 4) is 11.5 Å². The van der Waals surface area contributed by atoms with Gasteiger partial charge in [0.25, 0.3) is 5.89 Å². The van der Waals surface area contributed by atoms with E-state index in [0.717, 1.165) is 31.4 Å². The zero-order valence-corrected chi connectivity index (χ0v) is 19.3. The average molecular weight is 475 g/mol. The highest BCUT2D eigenvalue weighted by Gasteiger charge is 2.21. The summed E-state index contributed by atoms with van der Waals surface area (Å²) in [6, 6.07) is 12.7. The molecule has 11 nitrogen and oxygen atoms in total. The minimum atomic E-state index is -0.444. The molecule has 0 aliphatic heterocycles. The van der Waals surface area contributed by atoms with Crippen LogP contribution in [0.15, 0.2) is 75.6 Å². The maximum Gasteiger partial charge on any atom is 0.357 e. The molecule has 11 heteroatoms. The Morgan fingerprint density at radius 2 is 1.89 bits per heavy atom. The SMILES string of the molecule is C=C(/N=C(N)\N=C(/N)c1noc(-c2ccc(C(=O)OC3CCCC3)nc2)n1)N(C)c1ccccc1. The van der Waals surface area contributed by atoms with Gasteiger partial charge in [-0.15, -0.1) is 0 Å². The number of carbonyl (C=O) groups excluding carboxylic acids is 1. The summed E-state index contributed by atoms with van der Waals surface area (Å²) in [4.78, 5) is 30.6. The van der Waals surface area contributed by atoms with Gasteiger partial charge in [-0.2, -0.15) is 15.0 Å². The van der Waals surface area contributed by atoms with Crippen LogP contribution < -0.4 is 16.4 Å². The first-order valence-electron chi connectivity index (χ1n) is 11.1. The lowest BCUT2D eigenvalue weighted by Crippen LogP contribution is -2.22. The molecule has 180 valence electrons. The minimum Gasteiger partial charge on any atom is -0.458 e. The number of amidine groups is 1. The smallest absolute Gasteiger partial charge is 0.357 e. The van der Waals surface area contributed by atoms with Gasteiger partial charge < -0.3 is 25.6 Å². The molecule has 4 rings (SSSR count). The molecule has 0 atom stereocenters.